The molecule has 3 aromatic rings. The Morgan fingerprint density at radius 1 is 1.12 bits per heavy atom. The molecule has 0 radical (unpaired) electrons. The minimum Gasteiger partial charge on any atom is -0.473 e. The van der Waals surface area contributed by atoms with Gasteiger partial charge in [-0.3, -0.25) is 9.59 Å². The molecule has 32 heavy (non-hydrogen) atoms. The molecule has 7 nitrogen and oxygen atoms in total. The number of aryl methyl sites for hydroxylation is 2. The molecule has 0 saturated carbocycles. The van der Waals surface area contributed by atoms with Gasteiger partial charge in [-0.25, -0.2) is 14.4 Å². The zero-order chi connectivity index (χ0) is 23.3. The summed E-state index contributed by atoms with van der Waals surface area (Å²) >= 11 is 0. The van der Waals surface area contributed by atoms with E-state index in [0.717, 1.165) is 16.8 Å². The average Bonchev–Trinajstić information content (AvgIpc) is 2.73. The van der Waals surface area contributed by atoms with Gasteiger partial charge in [0, 0.05) is 24.4 Å². The summed E-state index contributed by atoms with van der Waals surface area (Å²) in [5, 5.41) is 5.60. The fourth-order valence-electron chi connectivity index (χ4n) is 3.12. The second kappa shape index (κ2) is 10.00. The number of nitrogens with zero attached hydrogens (tertiary/aromatic N) is 2. The molecule has 0 spiro atoms. The van der Waals surface area contributed by atoms with Crippen molar-refractivity contribution in [1.29, 1.82) is 0 Å². The summed E-state index contributed by atoms with van der Waals surface area (Å²) in [7, 11) is 0. The molecule has 0 aliphatic rings. The van der Waals surface area contributed by atoms with E-state index in [1.54, 1.807) is 31.2 Å². The molecule has 2 amide bonds. The van der Waals surface area contributed by atoms with Crippen molar-refractivity contribution in [2.75, 3.05) is 5.32 Å². The second-order valence-electron chi connectivity index (χ2n) is 7.56. The maximum atomic E-state index is 13.0. The molecule has 1 aromatic carbocycles. The van der Waals surface area contributed by atoms with Crippen molar-refractivity contribution in [3.05, 3.63) is 82.4 Å². The number of aromatic nitrogens is 2. The van der Waals surface area contributed by atoms with Crippen molar-refractivity contribution in [1.82, 2.24) is 15.3 Å². The summed E-state index contributed by atoms with van der Waals surface area (Å²) in [6, 6.07) is 11.0. The van der Waals surface area contributed by atoms with E-state index >= 15 is 0 Å². The molecule has 2 aromatic heterocycles. The van der Waals surface area contributed by atoms with Crippen molar-refractivity contribution in [2.24, 2.45) is 0 Å². The van der Waals surface area contributed by atoms with Gasteiger partial charge in [-0.1, -0.05) is 12.1 Å². The Balaban J connectivity index is 1.66. The number of ether oxygens (including phenoxy) is 1. The van der Waals surface area contributed by atoms with E-state index in [9.17, 15) is 14.0 Å². The van der Waals surface area contributed by atoms with E-state index in [4.69, 9.17) is 4.74 Å². The fourth-order valence-corrected chi connectivity index (χ4v) is 3.12. The molecule has 2 heterocycles. The molecule has 2 N–H and O–H groups in total. The van der Waals surface area contributed by atoms with Gasteiger partial charge in [0.2, 0.25) is 11.8 Å². The van der Waals surface area contributed by atoms with Crippen LogP contribution in [0.2, 0.25) is 0 Å². The summed E-state index contributed by atoms with van der Waals surface area (Å²) in [6.45, 7) is 7.14. The van der Waals surface area contributed by atoms with Crippen LogP contribution in [0.3, 0.4) is 0 Å². The van der Waals surface area contributed by atoms with Crippen LogP contribution in [0.15, 0.2) is 48.7 Å². The number of halogens is 1. The SMILES string of the molecule is CC(=O)Nc1cc(C(C)NC(=O)c2cnc(OCc3ccc(F)cc3)c(C)c2)cc(C)n1. The van der Waals surface area contributed by atoms with Crippen LogP contribution in [0.1, 0.15) is 52.6 Å². The first-order chi connectivity index (χ1) is 15.2. The molecule has 0 fully saturated rings. The minimum atomic E-state index is -0.314. The van der Waals surface area contributed by atoms with Crippen LogP contribution >= 0.6 is 0 Å². The molecule has 8 heteroatoms. The van der Waals surface area contributed by atoms with Crippen LogP contribution in [0.25, 0.3) is 0 Å². The Labute approximate surface area is 186 Å². The van der Waals surface area contributed by atoms with E-state index in [-0.39, 0.29) is 30.3 Å². The lowest BCUT2D eigenvalue weighted by Crippen LogP contribution is -2.27. The van der Waals surface area contributed by atoms with Crippen molar-refractivity contribution in [3.8, 4) is 5.88 Å². The quantitative estimate of drug-likeness (QED) is 0.577. The van der Waals surface area contributed by atoms with Crippen LogP contribution in [-0.2, 0) is 11.4 Å². The molecule has 0 aliphatic heterocycles. The van der Waals surface area contributed by atoms with Crippen LogP contribution in [-0.4, -0.2) is 21.8 Å². The number of anilines is 1. The number of nitrogens with one attached hydrogen (secondary N) is 2. The summed E-state index contributed by atoms with van der Waals surface area (Å²) in [4.78, 5) is 32.6. The lowest BCUT2D eigenvalue weighted by Gasteiger charge is -2.16. The molecular formula is C24H25FN4O3. The molecule has 1 atom stereocenters. The van der Waals surface area contributed by atoms with Gasteiger partial charge in [0.15, 0.2) is 0 Å². The van der Waals surface area contributed by atoms with Crippen molar-refractivity contribution >= 4 is 17.6 Å². The van der Waals surface area contributed by atoms with Crippen LogP contribution in [0.5, 0.6) is 5.88 Å². The standard InChI is InChI=1S/C24H25FN4O3/c1-14-9-20(12-26-24(14)32-13-18-5-7-21(25)8-6-18)23(31)28-16(3)19-10-15(2)27-22(11-19)29-17(4)30/h5-12,16H,13H2,1-4H3,(H,28,31)(H,27,29,30). The number of carbonyl (C=O) groups excluding carboxylic acids is 2. The summed E-state index contributed by atoms with van der Waals surface area (Å²) in [5.74, 6) is 0.0427. The van der Waals surface area contributed by atoms with Crippen LogP contribution in [0.4, 0.5) is 10.2 Å². The van der Waals surface area contributed by atoms with E-state index in [1.165, 1.54) is 25.3 Å². The van der Waals surface area contributed by atoms with E-state index in [0.29, 0.717) is 22.8 Å². The predicted octanol–water partition coefficient (Wildman–Crippen LogP) is 4.26. The first-order valence-electron chi connectivity index (χ1n) is 10.1. The minimum absolute atomic E-state index is 0.214. The highest BCUT2D eigenvalue weighted by Crippen LogP contribution is 2.20. The Morgan fingerprint density at radius 2 is 1.84 bits per heavy atom. The van der Waals surface area contributed by atoms with Gasteiger partial charge >= 0.3 is 0 Å². The van der Waals surface area contributed by atoms with Gasteiger partial charge in [-0.2, -0.15) is 0 Å². The number of hydrogen-bond acceptors (Lipinski definition) is 5. The van der Waals surface area contributed by atoms with Gasteiger partial charge in [0.05, 0.1) is 11.6 Å². The third kappa shape index (κ3) is 6.10. The van der Waals surface area contributed by atoms with Gasteiger partial charge < -0.3 is 15.4 Å². The Kier molecular flexibility index (Phi) is 7.14. The number of hydrogen-bond donors (Lipinski definition) is 2. The van der Waals surface area contributed by atoms with Crippen molar-refractivity contribution < 1.29 is 18.7 Å². The van der Waals surface area contributed by atoms with E-state index in [1.807, 2.05) is 19.9 Å². The third-order valence-corrected chi connectivity index (χ3v) is 4.71. The maximum absolute atomic E-state index is 13.0. The second-order valence-corrected chi connectivity index (χ2v) is 7.56. The topological polar surface area (TPSA) is 93.2 Å². The highest BCUT2D eigenvalue weighted by Gasteiger charge is 2.15. The smallest absolute Gasteiger partial charge is 0.253 e. The van der Waals surface area contributed by atoms with Gasteiger partial charge in [-0.15, -0.1) is 0 Å². The number of benzene rings is 1. The highest BCUT2D eigenvalue weighted by atomic mass is 19.1. The molecular weight excluding hydrogens is 411 g/mol. The van der Waals surface area contributed by atoms with E-state index < -0.39 is 0 Å². The number of rotatable bonds is 7. The summed E-state index contributed by atoms with van der Waals surface area (Å²) in [6.07, 6.45) is 1.45. The molecule has 0 saturated heterocycles. The number of carbonyl (C=O) groups is 2. The zero-order valence-corrected chi connectivity index (χ0v) is 18.4. The monoisotopic (exact) mass is 436 g/mol. The molecule has 0 bridgehead atoms. The Bertz CT molecular complexity index is 1130. The average molecular weight is 436 g/mol. The predicted molar refractivity (Wildman–Crippen MR) is 119 cm³/mol. The molecule has 1 unspecified atom stereocenters. The molecule has 166 valence electrons. The first kappa shape index (κ1) is 22.9. The fraction of sp³-hybridized carbons (Fsp3) is 0.250. The molecule has 3 rings (SSSR count). The van der Waals surface area contributed by atoms with Gasteiger partial charge in [0.25, 0.3) is 5.91 Å². The Morgan fingerprint density at radius 3 is 2.50 bits per heavy atom. The molecule has 0 aliphatic carbocycles. The zero-order valence-electron chi connectivity index (χ0n) is 18.4. The lowest BCUT2D eigenvalue weighted by atomic mass is 10.1. The summed E-state index contributed by atoms with van der Waals surface area (Å²) in [5.41, 5.74) is 3.47. The van der Waals surface area contributed by atoms with Crippen LogP contribution < -0.4 is 15.4 Å². The number of pyridine rings is 2. The normalized spacial score (nSPS) is 11.5. The first-order valence-corrected chi connectivity index (χ1v) is 10.1. The van der Waals surface area contributed by atoms with Gasteiger partial charge in [0.1, 0.15) is 18.2 Å². The number of amides is 2. The van der Waals surface area contributed by atoms with E-state index in [2.05, 4.69) is 20.6 Å². The third-order valence-electron chi connectivity index (χ3n) is 4.71. The van der Waals surface area contributed by atoms with Crippen LogP contribution in [0, 0.1) is 19.7 Å². The highest BCUT2D eigenvalue weighted by molar-refractivity contribution is 5.94. The van der Waals surface area contributed by atoms with Crippen molar-refractivity contribution in [3.63, 3.8) is 0 Å². The van der Waals surface area contributed by atoms with Gasteiger partial charge in [-0.05, 0) is 62.2 Å². The maximum Gasteiger partial charge on any atom is 0.253 e. The lowest BCUT2D eigenvalue weighted by molar-refractivity contribution is -0.114. The Hall–Kier alpha value is -3.81. The van der Waals surface area contributed by atoms with Crippen molar-refractivity contribution in [2.45, 2.75) is 40.3 Å². The summed E-state index contributed by atoms with van der Waals surface area (Å²) < 4.78 is 18.7. The largest absolute Gasteiger partial charge is 0.473 e.